The molecule has 0 radical (unpaired) electrons. The van der Waals surface area contributed by atoms with Crippen molar-refractivity contribution in [2.24, 2.45) is 0 Å². The van der Waals surface area contributed by atoms with Gasteiger partial charge in [0.05, 0.1) is 15.7 Å². The van der Waals surface area contributed by atoms with Crippen molar-refractivity contribution in [1.82, 2.24) is 14.9 Å². The molecule has 5 nitrogen and oxygen atoms in total. The van der Waals surface area contributed by atoms with Crippen LogP contribution in [0.15, 0.2) is 42.5 Å². The summed E-state index contributed by atoms with van der Waals surface area (Å²) in [6.45, 7) is 8.40. The number of nitrogens with zero attached hydrogens (tertiary/aromatic N) is 3. The van der Waals surface area contributed by atoms with Gasteiger partial charge in [0.2, 0.25) is 5.91 Å². The molecule has 2 heterocycles. The minimum absolute atomic E-state index is 0.104. The number of carbonyl (C=O) groups excluding carboxylic acids is 1. The fourth-order valence-electron chi connectivity index (χ4n) is 4.44. The Balaban J connectivity index is 1.43. The molecule has 1 N–H and O–H groups in total. The average molecular weight is 471 g/mol. The van der Waals surface area contributed by atoms with Crippen molar-refractivity contribution in [3.63, 3.8) is 0 Å². The smallest absolute Gasteiger partial charge is 0.224 e. The highest BCUT2D eigenvalue weighted by Crippen LogP contribution is 2.29. The van der Waals surface area contributed by atoms with Gasteiger partial charge in [-0.15, -0.1) is 0 Å². The molecule has 2 aromatic carbocycles. The summed E-state index contributed by atoms with van der Waals surface area (Å²) < 4.78 is 0. The van der Waals surface area contributed by atoms with Gasteiger partial charge in [-0.2, -0.15) is 0 Å². The Morgan fingerprint density at radius 2 is 1.84 bits per heavy atom. The minimum Gasteiger partial charge on any atom is -0.342 e. The van der Waals surface area contributed by atoms with Gasteiger partial charge < -0.3 is 9.88 Å². The van der Waals surface area contributed by atoms with Crippen molar-refractivity contribution >= 4 is 34.8 Å². The zero-order valence-electron chi connectivity index (χ0n) is 18.7. The second-order valence-electron chi connectivity index (χ2n) is 8.47. The van der Waals surface area contributed by atoms with E-state index in [2.05, 4.69) is 22.9 Å². The molecule has 3 aromatic rings. The van der Waals surface area contributed by atoms with Gasteiger partial charge in [0.1, 0.15) is 5.82 Å². The van der Waals surface area contributed by atoms with Crippen molar-refractivity contribution in [2.45, 2.75) is 46.2 Å². The Kier molecular flexibility index (Phi) is 6.89. The topological polar surface area (TPSA) is 52.2 Å². The van der Waals surface area contributed by atoms with Crippen LogP contribution < -0.4 is 4.90 Å². The number of carbonyl (C=O) groups is 1. The van der Waals surface area contributed by atoms with Gasteiger partial charge in [-0.25, -0.2) is 4.98 Å². The van der Waals surface area contributed by atoms with E-state index >= 15 is 0 Å². The van der Waals surface area contributed by atoms with Crippen LogP contribution >= 0.6 is 23.2 Å². The fourth-order valence-corrected chi connectivity index (χ4v) is 4.73. The van der Waals surface area contributed by atoms with Crippen LogP contribution in [0.3, 0.4) is 0 Å². The fraction of sp³-hybridized carbons (Fsp3) is 0.360. The summed E-state index contributed by atoms with van der Waals surface area (Å²) in [4.78, 5) is 25.1. The Labute approximate surface area is 199 Å². The van der Waals surface area contributed by atoms with Gasteiger partial charge in [-0.3, -0.25) is 9.69 Å². The van der Waals surface area contributed by atoms with Gasteiger partial charge >= 0.3 is 0 Å². The quantitative estimate of drug-likeness (QED) is 0.495. The summed E-state index contributed by atoms with van der Waals surface area (Å²) in [5.74, 6) is 0.903. The number of hydrogen-bond donors (Lipinski definition) is 1. The SMILES string of the molecule is CC(=O)N(c1ccccc1C)C1CCN(Cc2nc(-c3ccc(Cl)c(Cl)c3)[nH]c2C)CC1. The zero-order valence-corrected chi connectivity index (χ0v) is 20.2. The van der Waals surface area contributed by atoms with Crippen LogP contribution in [0.2, 0.25) is 10.0 Å². The average Bonchev–Trinajstić information content (AvgIpc) is 3.13. The van der Waals surface area contributed by atoms with E-state index in [9.17, 15) is 4.79 Å². The van der Waals surface area contributed by atoms with Gasteiger partial charge in [0.15, 0.2) is 0 Å². The molecular weight excluding hydrogens is 443 g/mol. The van der Waals surface area contributed by atoms with Crippen molar-refractivity contribution in [3.8, 4) is 11.4 Å². The van der Waals surface area contributed by atoms with E-state index < -0.39 is 0 Å². The van der Waals surface area contributed by atoms with Crippen molar-refractivity contribution < 1.29 is 4.79 Å². The predicted octanol–water partition coefficient (Wildman–Crippen LogP) is 6.02. The minimum atomic E-state index is 0.104. The number of H-pyrrole nitrogens is 1. The number of aromatic amines is 1. The van der Waals surface area contributed by atoms with Crippen LogP contribution in [0.25, 0.3) is 11.4 Å². The van der Waals surface area contributed by atoms with Gasteiger partial charge in [-0.1, -0.05) is 41.4 Å². The molecule has 0 saturated carbocycles. The Hall–Kier alpha value is -2.34. The number of anilines is 1. The molecule has 4 rings (SSSR count). The molecule has 32 heavy (non-hydrogen) atoms. The molecule has 0 aliphatic carbocycles. The van der Waals surface area contributed by atoms with Crippen molar-refractivity contribution in [2.75, 3.05) is 18.0 Å². The summed E-state index contributed by atoms with van der Waals surface area (Å²) in [5.41, 5.74) is 5.16. The molecule has 1 fully saturated rings. The summed E-state index contributed by atoms with van der Waals surface area (Å²) in [7, 11) is 0. The van der Waals surface area contributed by atoms with E-state index in [0.717, 1.165) is 66.5 Å². The number of aryl methyl sites for hydroxylation is 2. The molecule has 1 amide bonds. The van der Waals surface area contributed by atoms with Gasteiger partial charge in [-0.05, 0) is 56.5 Å². The van der Waals surface area contributed by atoms with E-state index in [1.165, 1.54) is 0 Å². The third-order valence-electron chi connectivity index (χ3n) is 6.19. The lowest BCUT2D eigenvalue weighted by atomic mass is 10.0. The van der Waals surface area contributed by atoms with Crippen LogP contribution in [0.1, 0.15) is 36.7 Å². The maximum absolute atomic E-state index is 12.5. The molecule has 0 bridgehead atoms. The first-order chi connectivity index (χ1) is 15.3. The van der Waals surface area contributed by atoms with Crippen molar-refractivity contribution in [3.05, 3.63) is 69.5 Å². The van der Waals surface area contributed by atoms with E-state index in [4.69, 9.17) is 28.2 Å². The lowest BCUT2D eigenvalue weighted by Crippen LogP contribution is -2.47. The predicted molar refractivity (Wildman–Crippen MR) is 131 cm³/mol. The second-order valence-corrected chi connectivity index (χ2v) is 9.28. The number of rotatable bonds is 5. The Bertz CT molecular complexity index is 1120. The molecule has 1 aromatic heterocycles. The van der Waals surface area contributed by atoms with Crippen LogP contribution in [0.5, 0.6) is 0 Å². The van der Waals surface area contributed by atoms with Crippen LogP contribution in [0.4, 0.5) is 5.69 Å². The molecule has 0 atom stereocenters. The summed E-state index contributed by atoms with van der Waals surface area (Å²) in [5, 5.41) is 1.05. The number of para-hydroxylation sites is 1. The first-order valence-electron chi connectivity index (χ1n) is 10.9. The molecule has 168 valence electrons. The third-order valence-corrected chi connectivity index (χ3v) is 6.93. The number of aromatic nitrogens is 2. The van der Waals surface area contributed by atoms with E-state index in [1.54, 1.807) is 13.0 Å². The lowest BCUT2D eigenvalue weighted by Gasteiger charge is -2.38. The zero-order chi connectivity index (χ0) is 22.8. The highest BCUT2D eigenvalue weighted by Gasteiger charge is 2.28. The number of piperidine rings is 1. The Morgan fingerprint density at radius 3 is 2.50 bits per heavy atom. The number of nitrogens with one attached hydrogen (secondary N) is 1. The molecule has 1 aliphatic rings. The van der Waals surface area contributed by atoms with Gasteiger partial charge in [0, 0.05) is 49.5 Å². The highest BCUT2D eigenvalue weighted by atomic mass is 35.5. The molecule has 0 unspecified atom stereocenters. The molecule has 7 heteroatoms. The van der Waals surface area contributed by atoms with Crippen molar-refractivity contribution in [1.29, 1.82) is 0 Å². The summed E-state index contributed by atoms with van der Waals surface area (Å²) in [6.07, 6.45) is 1.88. The summed E-state index contributed by atoms with van der Waals surface area (Å²) in [6, 6.07) is 13.9. The van der Waals surface area contributed by atoms with Crippen LogP contribution in [-0.4, -0.2) is 39.9 Å². The highest BCUT2D eigenvalue weighted by molar-refractivity contribution is 6.42. The van der Waals surface area contributed by atoms with E-state index in [0.29, 0.717) is 10.0 Å². The first-order valence-corrected chi connectivity index (χ1v) is 11.7. The lowest BCUT2D eigenvalue weighted by molar-refractivity contribution is -0.117. The number of imidazole rings is 1. The third kappa shape index (κ3) is 4.85. The largest absolute Gasteiger partial charge is 0.342 e. The molecular formula is C25H28Cl2N4O. The molecule has 0 spiro atoms. The standard InChI is InChI=1S/C25H28Cl2N4O/c1-16-6-4-5-7-24(16)31(18(3)32)20-10-12-30(13-11-20)15-23-17(2)28-25(29-23)19-8-9-21(26)22(27)14-19/h4-9,14,20H,10-13,15H2,1-3H3,(H,28,29). The van der Waals surface area contributed by atoms with Gasteiger partial charge in [0.25, 0.3) is 0 Å². The van der Waals surface area contributed by atoms with E-state index in [1.807, 2.05) is 42.2 Å². The molecule has 1 aliphatic heterocycles. The van der Waals surface area contributed by atoms with Crippen LogP contribution in [-0.2, 0) is 11.3 Å². The second kappa shape index (κ2) is 9.65. The van der Waals surface area contributed by atoms with E-state index in [-0.39, 0.29) is 11.9 Å². The normalized spacial score (nSPS) is 15.2. The maximum atomic E-state index is 12.5. The Morgan fingerprint density at radius 1 is 1.12 bits per heavy atom. The summed E-state index contributed by atoms with van der Waals surface area (Å²) >= 11 is 12.2. The number of hydrogen-bond acceptors (Lipinski definition) is 3. The number of likely N-dealkylation sites (tertiary alicyclic amines) is 1. The molecule has 1 saturated heterocycles. The first kappa shape index (κ1) is 22.8. The maximum Gasteiger partial charge on any atom is 0.224 e. The number of amides is 1. The number of benzene rings is 2. The monoisotopic (exact) mass is 470 g/mol. The van der Waals surface area contributed by atoms with Crippen LogP contribution in [0, 0.1) is 13.8 Å². The number of halogens is 2.